The highest BCUT2D eigenvalue weighted by Crippen LogP contribution is 2.36. The molecule has 34 heavy (non-hydrogen) atoms. The van der Waals surface area contributed by atoms with E-state index in [0.717, 1.165) is 40.6 Å². The molecule has 0 unspecified atom stereocenters. The summed E-state index contributed by atoms with van der Waals surface area (Å²) in [6, 6.07) is 27.5. The van der Waals surface area contributed by atoms with E-state index in [1.807, 2.05) is 24.3 Å². The van der Waals surface area contributed by atoms with Crippen LogP contribution < -0.4 is 10.6 Å². The Hall–Kier alpha value is -3.22. The van der Waals surface area contributed by atoms with Gasteiger partial charge in [0.25, 0.3) is 0 Å². The smallest absolute Gasteiger partial charge is 0.319 e. The van der Waals surface area contributed by atoms with Crippen LogP contribution in [0.2, 0.25) is 5.02 Å². The van der Waals surface area contributed by atoms with Crippen molar-refractivity contribution in [3.63, 3.8) is 0 Å². The first-order chi connectivity index (χ1) is 16.7. The highest BCUT2D eigenvalue weighted by Gasteiger charge is 2.19. The molecule has 0 fully saturated rings. The second-order valence-corrected chi connectivity index (χ2v) is 9.21. The van der Waals surface area contributed by atoms with Gasteiger partial charge in [-0.1, -0.05) is 91.0 Å². The van der Waals surface area contributed by atoms with E-state index in [1.165, 1.54) is 0 Å². The van der Waals surface area contributed by atoms with Gasteiger partial charge in [-0.05, 0) is 30.7 Å². The quantitative estimate of drug-likeness (QED) is 0.193. The maximum atomic E-state index is 12.2. The molecule has 0 radical (unpaired) electrons. The van der Waals surface area contributed by atoms with Gasteiger partial charge < -0.3 is 15.2 Å². The van der Waals surface area contributed by atoms with Crippen LogP contribution in [0.15, 0.2) is 90.1 Å². The minimum Gasteiger partial charge on any atom is -0.337 e. The average molecular weight is 491 g/mol. The van der Waals surface area contributed by atoms with E-state index in [4.69, 9.17) is 16.6 Å². The summed E-state index contributed by atoms with van der Waals surface area (Å²) in [7, 11) is 0. The molecule has 0 saturated carbocycles. The van der Waals surface area contributed by atoms with Crippen LogP contribution in [0.4, 0.5) is 10.5 Å². The summed E-state index contributed by atoms with van der Waals surface area (Å²) < 4.78 is 2.30. The van der Waals surface area contributed by atoms with Gasteiger partial charge >= 0.3 is 6.03 Å². The van der Waals surface area contributed by atoms with Gasteiger partial charge in [0.05, 0.1) is 11.4 Å². The molecule has 5 nitrogen and oxygen atoms in total. The number of rotatable bonds is 9. The number of thioether (sulfide) groups is 1. The first-order valence-corrected chi connectivity index (χ1v) is 12.7. The lowest BCUT2D eigenvalue weighted by molar-refractivity contribution is 0.252. The zero-order chi connectivity index (χ0) is 23.8. The molecule has 1 aromatic heterocycles. The number of anilines is 1. The zero-order valence-electron chi connectivity index (χ0n) is 19.0. The number of hydrogen-bond donors (Lipinski definition) is 2. The Morgan fingerprint density at radius 1 is 0.941 bits per heavy atom. The van der Waals surface area contributed by atoms with Crippen LogP contribution in [0.3, 0.4) is 0 Å². The fourth-order valence-corrected chi connectivity index (χ4v) is 4.68. The van der Waals surface area contributed by atoms with Gasteiger partial charge in [0.1, 0.15) is 0 Å². The molecule has 2 N–H and O–H groups in total. The van der Waals surface area contributed by atoms with Crippen molar-refractivity contribution < 1.29 is 4.79 Å². The second kappa shape index (κ2) is 11.8. The summed E-state index contributed by atoms with van der Waals surface area (Å²) in [6.45, 7) is 3.56. The molecule has 3 aromatic carbocycles. The largest absolute Gasteiger partial charge is 0.337 e. The van der Waals surface area contributed by atoms with E-state index in [9.17, 15) is 4.79 Å². The number of halogens is 1. The van der Waals surface area contributed by atoms with Crippen molar-refractivity contribution >= 4 is 35.1 Å². The molecule has 4 rings (SSSR count). The number of hydrogen-bond acceptors (Lipinski definition) is 3. The van der Waals surface area contributed by atoms with Gasteiger partial charge in [-0.15, -0.1) is 0 Å². The third-order valence-corrected chi connectivity index (χ3v) is 6.43. The SMILES string of the molecule is CCCn1c(SCCNC(=O)Nc2ccc(Cl)cc2)nc(-c2ccccc2)c1-c1ccccc1. The number of imidazole rings is 1. The average Bonchev–Trinajstić information content (AvgIpc) is 3.23. The maximum Gasteiger partial charge on any atom is 0.319 e. The third-order valence-electron chi connectivity index (χ3n) is 5.20. The maximum absolute atomic E-state index is 12.2. The Labute approximate surface area is 209 Å². The standard InChI is InChI=1S/C27H27ClN4OS/c1-2-18-32-25(21-11-7-4-8-12-21)24(20-9-5-3-6-10-20)31-27(32)34-19-17-29-26(33)30-23-15-13-22(28)14-16-23/h3-16H,2,17-19H2,1H3,(H2,29,30,33). The van der Waals surface area contributed by atoms with E-state index in [0.29, 0.717) is 23.0 Å². The zero-order valence-corrected chi connectivity index (χ0v) is 20.6. The van der Waals surface area contributed by atoms with E-state index < -0.39 is 0 Å². The van der Waals surface area contributed by atoms with Crippen LogP contribution in [-0.4, -0.2) is 27.9 Å². The number of amides is 2. The van der Waals surface area contributed by atoms with Crippen LogP contribution in [0.1, 0.15) is 13.3 Å². The van der Waals surface area contributed by atoms with Crippen LogP contribution in [0.5, 0.6) is 0 Å². The Morgan fingerprint density at radius 3 is 2.24 bits per heavy atom. The van der Waals surface area contributed by atoms with Crippen molar-refractivity contribution in [3.8, 4) is 22.5 Å². The molecule has 174 valence electrons. The van der Waals surface area contributed by atoms with E-state index in [-0.39, 0.29) is 6.03 Å². The van der Waals surface area contributed by atoms with Crippen LogP contribution in [0.25, 0.3) is 22.5 Å². The lowest BCUT2D eigenvalue weighted by Crippen LogP contribution is -2.30. The van der Waals surface area contributed by atoms with Gasteiger partial charge in [-0.3, -0.25) is 0 Å². The fraction of sp³-hybridized carbons (Fsp3) is 0.185. The predicted octanol–water partition coefficient (Wildman–Crippen LogP) is 7.19. The number of carbonyl (C=O) groups excluding carboxylic acids is 1. The Bertz CT molecular complexity index is 1210. The predicted molar refractivity (Wildman–Crippen MR) is 143 cm³/mol. The van der Waals surface area contributed by atoms with Gasteiger partial charge in [0, 0.05) is 40.7 Å². The Morgan fingerprint density at radius 2 is 1.59 bits per heavy atom. The normalized spacial score (nSPS) is 10.8. The first-order valence-electron chi connectivity index (χ1n) is 11.3. The Kier molecular flexibility index (Phi) is 8.28. The number of carbonyl (C=O) groups is 1. The van der Waals surface area contributed by atoms with Crippen LogP contribution in [-0.2, 0) is 6.54 Å². The topological polar surface area (TPSA) is 59.0 Å². The highest BCUT2D eigenvalue weighted by molar-refractivity contribution is 7.99. The van der Waals surface area contributed by atoms with Gasteiger partial charge in [-0.2, -0.15) is 0 Å². The van der Waals surface area contributed by atoms with E-state index >= 15 is 0 Å². The molecule has 0 spiro atoms. The van der Waals surface area contributed by atoms with E-state index in [2.05, 4.69) is 58.5 Å². The molecule has 0 aliphatic rings. The number of benzene rings is 3. The summed E-state index contributed by atoms with van der Waals surface area (Å²) >= 11 is 7.55. The number of nitrogens with one attached hydrogen (secondary N) is 2. The molecule has 7 heteroatoms. The lowest BCUT2D eigenvalue weighted by Gasteiger charge is -2.12. The minimum absolute atomic E-state index is 0.241. The van der Waals surface area contributed by atoms with Gasteiger partial charge in [-0.25, -0.2) is 9.78 Å². The van der Waals surface area contributed by atoms with Crippen molar-refractivity contribution in [3.05, 3.63) is 90.0 Å². The summed E-state index contributed by atoms with van der Waals surface area (Å²) in [5.41, 5.74) is 5.06. The van der Waals surface area contributed by atoms with Crippen molar-refractivity contribution in [2.24, 2.45) is 0 Å². The molecule has 0 saturated heterocycles. The number of urea groups is 1. The summed E-state index contributed by atoms with van der Waals surface area (Å²) in [5.74, 6) is 0.706. The van der Waals surface area contributed by atoms with Gasteiger partial charge in [0.15, 0.2) is 5.16 Å². The monoisotopic (exact) mass is 490 g/mol. The molecular formula is C27H27ClN4OS. The van der Waals surface area contributed by atoms with Gasteiger partial charge in [0.2, 0.25) is 0 Å². The van der Waals surface area contributed by atoms with E-state index in [1.54, 1.807) is 36.0 Å². The molecule has 0 aliphatic carbocycles. The van der Waals surface area contributed by atoms with Crippen LogP contribution in [0, 0.1) is 0 Å². The summed E-state index contributed by atoms with van der Waals surface area (Å²) in [5, 5.41) is 7.32. The van der Waals surface area contributed by atoms with Crippen LogP contribution >= 0.6 is 23.4 Å². The minimum atomic E-state index is -0.241. The third kappa shape index (κ3) is 6.01. The fourth-order valence-electron chi connectivity index (χ4n) is 3.67. The Balaban J connectivity index is 1.49. The molecule has 0 bridgehead atoms. The van der Waals surface area contributed by atoms with Crippen molar-refractivity contribution in [2.45, 2.75) is 25.0 Å². The van der Waals surface area contributed by atoms with Crippen molar-refractivity contribution in [1.82, 2.24) is 14.9 Å². The van der Waals surface area contributed by atoms with Crippen molar-refractivity contribution in [2.75, 3.05) is 17.6 Å². The second-order valence-electron chi connectivity index (χ2n) is 7.71. The number of aromatic nitrogens is 2. The molecule has 0 atom stereocenters. The number of nitrogens with zero attached hydrogens (tertiary/aromatic N) is 2. The molecule has 2 amide bonds. The molecule has 0 aliphatic heterocycles. The lowest BCUT2D eigenvalue weighted by atomic mass is 10.0. The molecule has 4 aromatic rings. The molecule has 1 heterocycles. The summed E-state index contributed by atoms with van der Waals surface area (Å²) in [4.78, 5) is 17.3. The first kappa shape index (κ1) is 23.9. The van der Waals surface area contributed by atoms with Crippen molar-refractivity contribution in [1.29, 1.82) is 0 Å². The summed E-state index contributed by atoms with van der Waals surface area (Å²) in [6.07, 6.45) is 1.000. The highest BCUT2D eigenvalue weighted by atomic mass is 35.5. The molecular weight excluding hydrogens is 464 g/mol.